The lowest BCUT2D eigenvalue weighted by atomic mass is 10.2. The number of rotatable bonds is 7. The molecule has 0 saturated carbocycles. The predicted octanol–water partition coefficient (Wildman–Crippen LogP) is 0.270. The van der Waals surface area contributed by atoms with Gasteiger partial charge in [0, 0.05) is 25.1 Å². The minimum absolute atomic E-state index is 0.000464. The zero-order chi connectivity index (χ0) is 17.1. The molecule has 0 unspecified atom stereocenters. The molecule has 8 nitrogen and oxygen atoms in total. The molecular formula is C15H20N4O4. The van der Waals surface area contributed by atoms with E-state index in [0.717, 1.165) is 0 Å². The van der Waals surface area contributed by atoms with Crippen molar-refractivity contribution in [3.63, 3.8) is 0 Å². The van der Waals surface area contributed by atoms with E-state index in [1.165, 1.54) is 7.11 Å². The largest absolute Gasteiger partial charge is 0.383 e. The van der Waals surface area contributed by atoms with Crippen LogP contribution >= 0.6 is 0 Å². The number of ether oxygens (including phenoxy) is 1. The van der Waals surface area contributed by atoms with Crippen LogP contribution in [0.25, 0.3) is 0 Å². The molecule has 1 aromatic rings. The molecule has 0 atom stereocenters. The Morgan fingerprint density at radius 2 is 1.83 bits per heavy atom. The van der Waals surface area contributed by atoms with Gasteiger partial charge in [0.1, 0.15) is 0 Å². The number of methoxy groups -OCH3 is 1. The van der Waals surface area contributed by atoms with Crippen molar-refractivity contribution >= 4 is 29.1 Å². The second-order valence-electron chi connectivity index (χ2n) is 4.63. The Kier molecular flexibility index (Phi) is 8.01. The average Bonchev–Trinajstić information content (AvgIpc) is 2.53. The van der Waals surface area contributed by atoms with Crippen LogP contribution in [-0.2, 0) is 19.1 Å². The van der Waals surface area contributed by atoms with Gasteiger partial charge in [0.25, 0.3) is 0 Å². The maximum atomic E-state index is 11.8. The highest BCUT2D eigenvalue weighted by molar-refractivity contribution is 6.35. The van der Waals surface area contributed by atoms with Gasteiger partial charge in [0.2, 0.25) is 5.91 Å². The molecule has 8 heteroatoms. The molecule has 0 aliphatic rings. The summed E-state index contributed by atoms with van der Waals surface area (Å²) in [6.45, 7) is 2.11. The average molecular weight is 320 g/mol. The fraction of sp³-hybridized carbons (Fsp3) is 0.333. The highest BCUT2D eigenvalue weighted by Crippen LogP contribution is 2.05. The normalized spacial score (nSPS) is 10.8. The van der Waals surface area contributed by atoms with Gasteiger partial charge in [-0.1, -0.05) is 18.2 Å². The number of nitrogens with zero attached hydrogens (tertiary/aromatic N) is 1. The highest BCUT2D eigenvalue weighted by Gasteiger charge is 2.12. The number of para-hydroxylation sites is 1. The standard InChI is InChI=1S/C15H20N4O4/c1-11(10-13(20)17-12-6-4-3-5-7-12)18-19-15(22)14(21)16-8-9-23-2/h3-7H,8-10H2,1-2H3,(H,16,21)(H,17,20)(H,19,22)/b18-11+. The fourth-order valence-corrected chi connectivity index (χ4v) is 1.54. The van der Waals surface area contributed by atoms with E-state index in [1.807, 2.05) is 6.07 Å². The molecule has 1 aromatic carbocycles. The number of hydrogen-bond donors (Lipinski definition) is 3. The zero-order valence-electron chi connectivity index (χ0n) is 13.1. The molecule has 3 amide bonds. The molecule has 1 rings (SSSR count). The monoisotopic (exact) mass is 320 g/mol. The smallest absolute Gasteiger partial charge is 0.329 e. The van der Waals surface area contributed by atoms with E-state index >= 15 is 0 Å². The molecule has 0 radical (unpaired) electrons. The zero-order valence-corrected chi connectivity index (χ0v) is 13.1. The third-order valence-corrected chi connectivity index (χ3v) is 2.62. The van der Waals surface area contributed by atoms with E-state index in [0.29, 0.717) is 18.0 Å². The summed E-state index contributed by atoms with van der Waals surface area (Å²) >= 11 is 0. The van der Waals surface area contributed by atoms with Crippen molar-refractivity contribution in [2.75, 3.05) is 25.6 Å². The van der Waals surface area contributed by atoms with E-state index in [1.54, 1.807) is 31.2 Å². The molecular weight excluding hydrogens is 300 g/mol. The van der Waals surface area contributed by atoms with E-state index in [2.05, 4.69) is 21.2 Å². The number of carbonyl (C=O) groups is 3. The fourth-order valence-electron chi connectivity index (χ4n) is 1.54. The van der Waals surface area contributed by atoms with E-state index in [-0.39, 0.29) is 18.9 Å². The molecule has 0 aliphatic heterocycles. The molecule has 0 fully saturated rings. The Hall–Kier alpha value is -2.74. The van der Waals surface area contributed by atoms with Gasteiger partial charge in [-0.05, 0) is 19.1 Å². The Morgan fingerprint density at radius 1 is 1.13 bits per heavy atom. The molecule has 0 heterocycles. The first kappa shape index (κ1) is 18.3. The number of anilines is 1. The second kappa shape index (κ2) is 10.1. The lowest BCUT2D eigenvalue weighted by Crippen LogP contribution is -2.39. The molecule has 23 heavy (non-hydrogen) atoms. The van der Waals surface area contributed by atoms with Crippen molar-refractivity contribution in [1.29, 1.82) is 0 Å². The van der Waals surface area contributed by atoms with Crippen LogP contribution in [0.4, 0.5) is 5.69 Å². The lowest BCUT2D eigenvalue weighted by molar-refractivity contribution is -0.139. The van der Waals surface area contributed by atoms with Gasteiger partial charge >= 0.3 is 11.8 Å². The predicted molar refractivity (Wildman–Crippen MR) is 85.8 cm³/mol. The number of hydrazone groups is 1. The van der Waals surface area contributed by atoms with Crippen LogP contribution in [0.5, 0.6) is 0 Å². The van der Waals surface area contributed by atoms with Crippen molar-refractivity contribution in [2.24, 2.45) is 5.10 Å². The van der Waals surface area contributed by atoms with E-state index in [9.17, 15) is 14.4 Å². The van der Waals surface area contributed by atoms with Crippen molar-refractivity contribution in [1.82, 2.24) is 10.7 Å². The number of hydrogen-bond acceptors (Lipinski definition) is 5. The topological polar surface area (TPSA) is 109 Å². The van der Waals surface area contributed by atoms with Crippen molar-refractivity contribution in [3.05, 3.63) is 30.3 Å². The van der Waals surface area contributed by atoms with Crippen LogP contribution in [-0.4, -0.2) is 43.7 Å². The van der Waals surface area contributed by atoms with Crippen molar-refractivity contribution < 1.29 is 19.1 Å². The Labute approximate surface area is 134 Å². The molecule has 0 saturated heterocycles. The quantitative estimate of drug-likeness (QED) is 0.290. The van der Waals surface area contributed by atoms with Crippen LogP contribution < -0.4 is 16.1 Å². The van der Waals surface area contributed by atoms with Crippen LogP contribution in [0.3, 0.4) is 0 Å². The summed E-state index contributed by atoms with van der Waals surface area (Å²) < 4.78 is 4.74. The lowest BCUT2D eigenvalue weighted by Gasteiger charge is -2.05. The number of amides is 3. The Bertz CT molecular complexity index is 572. The van der Waals surface area contributed by atoms with Gasteiger partial charge in [-0.25, -0.2) is 5.43 Å². The molecule has 0 aromatic heterocycles. The van der Waals surface area contributed by atoms with Gasteiger partial charge in [-0.3, -0.25) is 14.4 Å². The van der Waals surface area contributed by atoms with Crippen LogP contribution in [0.15, 0.2) is 35.4 Å². The third kappa shape index (κ3) is 7.72. The van der Waals surface area contributed by atoms with Gasteiger partial charge in [0.15, 0.2) is 0 Å². The molecule has 124 valence electrons. The minimum atomic E-state index is -0.899. The minimum Gasteiger partial charge on any atom is -0.383 e. The molecule has 3 N–H and O–H groups in total. The van der Waals surface area contributed by atoms with Crippen LogP contribution in [0.2, 0.25) is 0 Å². The molecule has 0 bridgehead atoms. The van der Waals surface area contributed by atoms with Crippen LogP contribution in [0.1, 0.15) is 13.3 Å². The highest BCUT2D eigenvalue weighted by atomic mass is 16.5. The molecule has 0 spiro atoms. The summed E-state index contributed by atoms with van der Waals surface area (Å²) in [4.78, 5) is 34.6. The van der Waals surface area contributed by atoms with Crippen molar-refractivity contribution in [3.8, 4) is 0 Å². The molecule has 0 aliphatic carbocycles. The van der Waals surface area contributed by atoms with Gasteiger partial charge in [-0.2, -0.15) is 5.10 Å². The first-order valence-electron chi connectivity index (χ1n) is 6.98. The van der Waals surface area contributed by atoms with Crippen molar-refractivity contribution in [2.45, 2.75) is 13.3 Å². The van der Waals surface area contributed by atoms with Gasteiger partial charge < -0.3 is 15.4 Å². The first-order chi connectivity index (χ1) is 11.0. The number of benzene rings is 1. The van der Waals surface area contributed by atoms with E-state index in [4.69, 9.17) is 4.74 Å². The maximum absolute atomic E-state index is 11.8. The number of carbonyl (C=O) groups excluding carboxylic acids is 3. The van der Waals surface area contributed by atoms with E-state index < -0.39 is 11.8 Å². The SMILES string of the molecule is COCCNC(=O)C(=O)N/N=C(\C)CC(=O)Nc1ccccc1. The maximum Gasteiger partial charge on any atom is 0.329 e. The van der Waals surface area contributed by atoms with Gasteiger partial charge in [-0.15, -0.1) is 0 Å². The Balaban J connectivity index is 2.37. The summed E-state index contributed by atoms with van der Waals surface area (Å²) in [5.74, 6) is -1.98. The Morgan fingerprint density at radius 3 is 2.48 bits per heavy atom. The third-order valence-electron chi connectivity index (χ3n) is 2.62. The summed E-state index contributed by atoms with van der Waals surface area (Å²) in [5.41, 5.74) is 3.14. The summed E-state index contributed by atoms with van der Waals surface area (Å²) in [5, 5.41) is 8.77. The summed E-state index contributed by atoms with van der Waals surface area (Å²) in [7, 11) is 1.49. The summed E-state index contributed by atoms with van der Waals surface area (Å²) in [6, 6.07) is 8.97. The number of nitrogens with one attached hydrogen (secondary N) is 3. The second-order valence-corrected chi connectivity index (χ2v) is 4.63. The first-order valence-corrected chi connectivity index (χ1v) is 6.98. The van der Waals surface area contributed by atoms with Gasteiger partial charge in [0.05, 0.1) is 13.0 Å². The van der Waals surface area contributed by atoms with Crippen LogP contribution in [0, 0.1) is 0 Å². The summed E-state index contributed by atoms with van der Waals surface area (Å²) in [6.07, 6.45) is 0.000464.